The van der Waals surface area contributed by atoms with Gasteiger partial charge >= 0.3 is 0 Å². The van der Waals surface area contributed by atoms with E-state index in [1.165, 1.54) is 30.9 Å². The number of rotatable bonds is 11. The van der Waals surface area contributed by atoms with Crippen LogP contribution in [-0.4, -0.2) is 34.9 Å². The van der Waals surface area contributed by atoms with E-state index in [0.717, 1.165) is 153 Å². The van der Waals surface area contributed by atoms with Gasteiger partial charge in [-0.15, -0.1) is 22.7 Å². The number of aromatic nitrogens is 7. The first kappa shape index (κ1) is 59.0. The highest BCUT2D eigenvalue weighted by Gasteiger charge is 2.23. The van der Waals surface area contributed by atoms with Gasteiger partial charge in [0.25, 0.3) is 0 Å². The Morgan fingerprint density at radius 1 is 0.196 bits per heavy atom. The summed E-state index contributed by atoms with van der Waals surface area (Å²) in [6.45, 7) is 0. The SMILES string of the molecule is c1ccc(-c2cc(-c3cccc(-c4ccc5c(-c6cc(-c7nc(-c8ccccc8)nc(-c8ccccc8)n7)cc(-c7ccnc8c7sc7ccccc78)c6)cc6ccccc6c5c4)c3)nc(-c3cc(-c4cc5ccccc5c5ccccc45)cc(-c4ccnc5c4sc4ccccc45)c3)n2)cc1. The van der Waals surface area contributed by atoms with E-state index in [-0.39, 0.29) is 0 Å². The fourth-order valence-electron chi connectivity index (χ4n) is 14.9. The van der Waals surface area contributed by atoms with Gasteiger partial charge in [0.2, 0.25) is 0 Å². The van der Waals surface area contributed by atoms with Gasteiger partial charge in [0.15, 0.2) is 23.3 Å². The van der Waals surface area contributed by atoms with Crippen LogP contribution in [0.25, 0.3) is 207 Å². The summed E-state index contributed by atoms with van der Waals surface area (Å²) in [5.74, 6) is 2.42. The maximum Gasteiger partial charge on any atom is 0.164 e. The quantitative estimate of drug-likeness (QED) is 0.119. The van der Waals surface area contributed by atoms with E-state index in [4.69, 9.17) is 34.9 Å². The van der Waals surface area contributed by atoms with Gasteiger partial charge in [-0.2, -0.15) is 0 Å². The molecule has 0 bridgehead atoms. The third kappa shape index (κ3) is 10.4. The minimum atomic E-state index is 0.582. The molecule has 14 aromatic carbocycles. The molecule has 0 aliphatic heterocycles. The maximum atomic E-state index is 5.64. The van der Waals surface area contributed by atoms with Crippen molar-refractivity contribution >= 4 is 106 Å². The summed E-state index contributed by atoms with van der Waals surface area (Å²) < 4.78 is 4.67. The van der Waals surface area contributed by atoms with Gasteiger partial charge in [0, 0.05) is 77.1 Å². The Labute approximate surface area is 594 Å². The van der Waals surface area contributed by atoms with Crippen molar-refractivity contribution in [3.63, 3.8) is 0 Å². The largest absolute Gasteiger partial charge is 0.255 e. The fourth-order valence-corrected chi connectivity index (χ4v) is 17.3. The fraction of sp³-hybridized carbons (Fsp3) is 0. The number of benzene rings is 14. The lowest BCUT2D eigenvalue weighted by Gasteiger charge is -2.16. The van der Waals surface area contributed by atoms with Crippen molar-refractivity contribution in [3.8, 4) is 124 Å². The van der Waals surface area contributed by atoms with E-state index in [9.17, 15) is 0 Å². The second-order valence-corrected chi connectivity index (χ2v) is 28.0. The summed E-state index contributed by atoms with van der Waals surface area (Å²) in [7, 11) is 0. The highest BCUT2D eigenvalue weighted by atomic mass is 32.1. The zero-order valence-electron chi connectivity index (χ0n) is 54.7. The molecule has 0 amide bonds. The molecular formula is C93H55N7S2. The van der Waals surface area contributed by atoms with Crippen LogP contribution in [-0.2, 0) is 0 Å². The smallest absolute Gasteiger partial charge is 0.164 e. The van der Waals surface area contributed by atoms with Crippen molar-refractivity contribution in [1.29, 1.82) is 0 Å². The molecule has 7 nitrogen and oxygen atoms in total. The van der Waals surface area contributed by atoms with Gasteiger partial charge in [-0.3, -0.25) is 9.97 Å². The third-order valence-electron chi connectivity index (χ3n) is 19.8. The molecule has 0 unspecified atom stereocenters. The van der Waals surface area contributed by atoms with Crippen LogP contribution < -0.4 is 0 Å². The zero-order chi connectivity index (χ0) is 67.2. The molecule has 9 heteroatoms. The second-order valence-electron chi connectivity index (χ2n) is 25.9. The monoisotopic (exact) mass is 1330 g/mol. The molecule has 0 saturated heterocycles. The minimum absolute atomic E-state index is 0.582. The molecule has 102 heavy (non-hydrogen) atoms. The Hall–Kier alpha value is -13.1. The first-order valence-electron chi connectivity index (χ1n) is 34.1. The van der Waals surface area contributed by atoms with E-state index in [0.29, 0.717) is 23.3 Å². The predicted octanol–water partition coefficient (Wildman–Crippen LogP) is 25.1. The van der Waals surface area contributed by atoms with Gasteiger partial charge in [0.05, 0.1) is 31.8 Å². The van der Waals surface area contributed by atoms with Gasteiger partial charge in [0.1, 0.15) is 0 Å². The van der Waals surface area contributed by atoms with Crippen LogP contribution in [0.5, 0.6) is 0 Å². The van der Waals surface area contributed by atoms with Gasteiger partial charge < -0.3 is 0 Å². The average Bonchev–Trinajstić information content (AvgIpc) is 1.13. The molecule has 6 aromatic heterocycles. The number of hydrogen-bond donors (Lipinski definition) is 0. The lowest BCUT2D eigenvalue weighted by Crippen LogP contribution is -2.00. The summed E-state index contributed by atoms with van der Waals surface area (Å²) in [5.41, 5.74) is 20.0. The van der Waals surface area contributed by atoms with E-state index in [1.54, 1.807) is 22.7 Å². The lowest BCUT2D eigenvalue weighted by molar-refractivity contribution is 1.07. The molecule has 0 aliphatic rings. The van der Waals surface area contributed by atoms with Gasteiger partial charge in [-0.05, 0) is 179 Å². The number of hydrogen-bond acceptors (Lipinski definition) is 9. The molecule has 20 aromatic rings. The summed E-state index contributed by atoms with van der Waals surface area (Å²) in [4.78, 5) is 36.9. The molecule has 20 rings (SSSR count). The average molecular weight is 1330 g/mol. The van der Waals surface area contributed by atoms with Crippen molar-refractivity contribution in [1.82, 2.24) is 34.9 Å². The van der Waals surface area contributed by atoms with Crippen molar-refractivity contribution in [2.75, 3.05) is 0 Å². The number of fused-ring (bicyclic) bond motifs is 12. The Bertz CT molecular complexity index is 6710. The lowest BCUT2D eigenvalue weighted by atomic mass is 9.89. The van der Waals surface area contributed by atoms with Gasteiger partial charge in [-0.1, -0.05) is 231 Å². The van der Waals surface area contributed by atoms with E-state index < -0.39 is 0 Å². The Balaban J connectivity index is 0.753. The molecule has 0 fully saturated rings. The van der Waals surface area contributed by atoms with E-state index in [1.807, 2.05) is 48.8 Å². The van der Waals surface area contributed by atoms with E-state index in [2.05, 4.69) is 285 Å². The van der Waals surface area contributed by atoms with Crippen LogP contribution in [0.1, 0.15) is 0 Å². The maximum absolute atomic E-state index is 5.64. The molecule has 6 heterocycles. The Kier molecular flexibility index (Phi) is 14.1. The van der Waals surface area contributed by atoms with Crippen molar-refractivity contribution in [2.24, 2.45) is 0 Å². The number of thiophene rings is 2. The summed E-state index contributed by atoms with van der Waals surface area (Å²) >= 11 is 3.56. The van der Waals surface area contributed by atoms with E-state index >= 15 is 0 Å². The van der Waals surface area contributed by atoms with Crippen molar-refractivity contribution < 1.29 is 0 Å². The standard InChI is InChI=1S/C93H55N7S2/c1-4-21-56(22-5-1)82-55-83(97-92(96-82)68-48-64(72-41-43-94-86-77-35-16-18-37-84(77)101-88(72)86)46-66(50-68)79-53-61-27-10-12-31-70(61)74-33-14-15-34-75(74)79)63-30-20-29-59(45-63)60-39-40-76-80(54-62-28-11-13-32-71(62)81(76)52-60)67-47-65(73-42-44-95-87-78-36-17-19-38-85(78)102-89(73)87)49-69(51-67)93-99-90(57-23-6-2-7-24-57)98-91(100-93)58-25-8-3-9-26-58/h1-55H. The third-order valence-corrected chi connectivity index (χ3v) is 22.1. The Morgan fingerprint density at radius 2 is 0.569 bits per heavy atom. The zero-order valence-corrected chi connectivity index (χ0v) is 56.3. The molecule has 474 valence electrons. The topological polar surface area (TPSA) is 90.2 Å². The highest BCUT2D eigenvalue weighted by Crippen LogP contribution is 2.47. The van der Waals surface area contributed by atoms with Crippen LogP contribution in [0.4, 0.5) is 0 Å². The summed E-state index contributed by atoms with van der Waals surface area (Å²) in [5, 5.41) is 11.6. The predicted molar refractivity (Wildman–Crippen MR) is 427 cm³/mol. The summed E-state index contributed by atoms with van der Waals surface area (Å²) in [6, 6.07) is 115. The number of nitrogens with zero attached hydrogens (tertiary/aromatic N) is 7. The first-order valence-corrected chi connectivity index (χ1v) is 35.8. The molecule has 0 radical (unpaired) electrons. The minimum Gasteiger partial charge on any atom is -0.255 e. The van der Waals surface area contributed by atoms with Crippen LogP contribution in [0.3, 0.4) is 0 Å². The van der Waals surface area contributed by atoms with Crippen LogP contribution in [0.15, 0.2) is 334 Å². The Morgan fingerprint density at radius 3 is 1.12 bits per heavy atom. The summed E-state index contributed by atoms with van der Waals surface area (Å²) in [6.07, 6.45) is 3.89. The molecule has 0 saturated carbocycles. The van der Waals surface area contributed by atoms with Crippen LogP contribution >= 0.6 is 22.7 Å². The molecule has 0 N–H and O–H groups in total. The van der Waals surface area contributed by atoms with Crippen LogP contribution in [0.2, 0.25) is 0 Å². The van der Waals surface area contributed by atoms with Crippen molar-refractivity contribution in [3.05, 3.63) is 334 Å². The first-order chi connectivity index (χ1) is 50.5. The van der Waals surface area contributed by atoms with Gasteiger partial charge in [-0.25, -0.2) is 24.9 Å². The normalized spacial score (nSPS) is 11.7. The highest BCUT2D eigenvalue weighted by molar-refractivity contribution is 7.26. The molecule has 0 aliphatic carbocycles. The molecular weight excluding hydrogens is 1280 g/mol. The molecule has 0 atom stereocenters. The second kappa shape index (κ2) is 24.4. The number of pyridine rings is 2. The molecule has 0 spiro atoms. The van der Waals surface area contributed by atoms with Crippen molar-refractivity contribution in [2.45, 2.75) is 0 Å². The van der Waals surface area contributed by atoms with Crippen LogP contribution in [0, 0.1) is 0 Å².